The highest BCUT2D eigenvalue weighted by Gasteiger charge is 2.41. The van der Waals surface area contributed by atoms with Crippen molar-refractivity contribution in [1.82, 2.24) is 24.8 Å². The Balaban J connectivity index is 1.35. The van der Waals surface area contributed by atoms with Crippen LogP contribution in [0.5, 0.6) is 0 Å². The predicted molar refractivity (Wildman–Crippen MR) is 119 cm³/mol. The number of alkyl halides is 3. The van der Waals surface area contributed by atoms with Crippen LogP contribution in [0.25, 0.3) is 28.4 Å². The second-order valence-corrected chi connectivity index (χ2v) is 9.07. The summed E-state index contributed by atoms with van der Waals surface area (Å²) in [5.41, 5.74) is 2.78. The van der Waals surface area contributed by atoms with Crippen molar-refractivity contribution >= 4 is 6.29 Å². The van der Waals surface area contributed by atoms with E-state index in [-0.39, 0.29) is 23.1 Å². The summed E-state index contributed by atoms with van der Waals surface area (Å²) in [6.45, 7) is 2.24. The second kappa shape index (κ2) is 8.37. The van der Waals surface area contributed by atoms with Gasteiger partial charge in [0, 0.05) is 36.7 Å². The van der Waals surface area contributed by atoms with Gasteiger partial charge in [-0.2, -0.15) is 18.3 Å². The van der Waals surface area contributed by atoms with Crippen molar-refractivity contribution in [2.75, 3.05) is 13.1 Å². The third-order valence-corrected chi connectivity index (χ3v) is 6.65. The standard InChI is InChI=1S/C25H19F4N5O2/c26-17-3-6-21(30-8-17)34-24(25(27,28)29)20(9-31-34)23-19-5-2-16-7-14(10-33-11-15(12-33)13-35)1-4-18(16)22(19)32-36-23/h1,3-4,6-9,13,15H,2,5,10-12H2. The first kappa shape index (κ1) is 22.6. The number of benzene rings is 1. The van der Waals surface area contributed by atoms with Gasteiger partial charge in [0.15, 0.2) is 17.3 Å². The highest BCUT2D eigenvalue weighted by atomic mass is 19.4. The topological polar surface area (TPSA) is 77.0 Å². The van der Waals surface area contributed by atoms with Gasteiger partial charge < -0.3 is 9.32 Å². The highest BCUT2D eigenvalue weighted by Crippen LogP contribution is 2.43. The van der Waals surface area contributed by atoms with Crippen LogP contribution in [0.15, 0.2) is 47.2 Å². The molecule has 0 N–H and O–H groups in total. The second-order valence-electron chi connectivity index (χ2n) is 9.07. The molecule has 36 heavy (non-hydrogen) atoms. The molecule has 4 heterocycles. The number of hydrogen-bond donors (Lipinski definition) is 0. The third-order valence-electron chi connectivity index (χ3n) is 6.65. The molecule has 3 aromatic heterocycles. The zero-order chi connectivity index (χ0) is 25.0. The molecule has 184 valence electrons. The van der Waals surface area contributed by atoms with Gasteiger partial charge in [0.2, 0.25) is 0 Å². The van der Waals surface area contributed by atoms with E-state index in [1.165, 1.54) is 0 Å². The number of pyridine rings is 1. The van der Waals surface area contributed by atoms with Crippen molar-refractivity contribution < 1.29 is 26.9 Å². The molecule has 4 aromatic rings. The third kappa shape index (κ3) is 3.79. The Morgan fingerprint density at radius 2 is 1.92 bits per heavy atom. The largest absolute Gasteiger partial charge is 0.434 e. The molecule has 7 nitrogen and oxygen atoms in total. The zero-order valence-corrected chi connectivity index (χ0v) is 18.8. The summed E-state index contributed by atoms with van der Waals surface area (Å²) < 4.78 is 61.8. The van der Waals surface area contributed by atoms with Gasteiger partial charge in [0.1, 0.15) is 17.8 Å². The SMILES string of the molecule is O=CC1CN(Cc2ccc3c(c2)CCc2c-3noc2-c2cnn(-c3ccc(F)cn3)c2C(F)(F)F)C1. The van der Waals surface area contributed by atoms with Gasteiger partial charge in [-0.15, -0.1) is 0 Å². The first-order valence-electron chi connectivity index (χ1n) is 11.4. The fraction of sp³-hybridized carbons (Fsp3) is 0.280. The van der Waals surface area contributed by atoms with Crippen LogP contribution in [0.1, 0.15) is 22.4 Å². The summed E-state index contributed by atoms with van der Waals surface area (Å²) in [6.07, 6.45) is -0.803. The molecule has 0 atom stereocenters. The van der Waals surface area contributed by atoms with Crippen LogP contribution < -0.4 is 0 Å². The number of hydrogen-bond acceptors (Lipinski definition) is 6. The van der Waals surface area contributed by atoms with Gasteiger partial charge in [0.05, 0.1) is 18.0 Å². The number of likely N-dealkylation sites (tertiary alicyclic amines) is 1. The first-order valence-corrected chi connectivity index (χ1v) is 11.4. The fourth-order valence-corrected chi connectivity index (χ4v) is 4.94. The van der Waals surface area contributed by atoms with E-state index < -0.39 is 17.7 Å². The molecule has 1 aromatic carbocycles. The van der Waals surface area contributed by atoms with Gasteiger partial charge in [-0.05, 0) is 36.1 Å². The van der Waals surface area contributed by atoms with Gasteiger partial charge in [-0.3, -0.25) is 4.90 Å². The Morgan fingerprint density at radius 1 is 1.08 bits per heavy atom. The minimum atomic E-state index is -4.78. The summed E-state index contributed by atoms with van der Waals surface area (Å²) in [7, 11) is 0. The molecule has 0 amide bonds. The maximum absolute atomic E-state index is 14.2. The van der Waals surface area contributed by atoms with Crippen molar-refractivity contribution in [1.29, 1.82) is 0 Å². The maximum atomic E-state index is 14.2. The highest BCUT2D eigenvalue weighted by molar-refractivity contribution is 5.77. The van der Waals surface area contributed by atoms with E-state index in [1.807, 2.05) is 12.1 Å². The molecule has 1 saturated heterocycles. The number of nitrogens with zero attached hydrogens (tertiary/aromatic N) is 5. The summed E-state index contributed by atoms with van der Waals surface area (Å²) >= 11 is 0. The van der Waals surface area contributed by atoms with Crippen LogP contribution in [0.3, 0.4) is 0 Å². The number of rotatable bonds is 5. The Kier molecular flexibility index (Phi) is 5.25. The lowest BCUT2D eigenvalue weighted by Gasteiger charge is -2.36. The lowest BCUT2D eigenvalue weighted by Crippen LogP contribution is -2.46. The molecule has 1 aliphatic heterocycles. The Labute approximate surface area is 202 Å². The Hall–Kier alpha value is -3.86. The van der Waals surface area contributed by atoms with Crippen LogP contribution in [0.2, 0.25) is 0 Å². The van der Waals surface area contributed by atoms with Crippen LogP contribution in [0.4, 0.5) is 17.6 Å². The first-order chi connectivity index (χ1) is 17.3. The Bertz CT molecular complexity index is 1450. The number of aromatic nitrogens is 4. The number of halogens is 4. The molecular formula is C25H19F4N5O2. The van der Waals surface area contributed by atoms with E-state index in [1.54, 1.807) is 0 Å². The summed E-state index contributed by atoms with van der Waals surface area (Å²) in [6, 6.07) is 8.12. The van der Waals surface area contributed by atoms with Crippen LogP contribution in [-0.2, 0) is 30.4 Å². The predicted octanol–water partition coefficient (Wildman–Crippen LogP) is 4.48. The Morgan fingerprint density at radius 3 is 2.64 bits per heavy atom. The van der Waals surface area contributed by atoms with Gasteiger partial charge in [-0.25, -0.2) is 14.1 Å². The molecule has 6 rings (SSSR count). The number of aryl methyl sites for hydroxylation is 1. The number of aldehydes is 1. The van der Waals surface area contributed by atoms with E-state index in [2.05, 4.69) is 26.2 Å². The average molecular weight is 497 g/mol. The smallest absolute Gasteiger partial charge is 0.355 e. The van der Waals surface area contributed by atoms with Gasteiger partial charge in [0.25, 0.3) is 0 Å². The molecule has 0 saturated carbocycles. The number of carbonyl (C=O) groups is 1. The normalized spacial score (nSPS) is 15.9. The molecule has 11 heteroatoms. The summed E-state index contributed by atoms with van der Waals surface area (Å²) in [5, 5.41) is 8.03. The van der Waals surface area contributed by atoms with Crippen molar-refractivity contribution in [3.05, 3.63) is 70.9 Å². The molecule has 2 aliphatic rings. The van der Waals surface area contributed by atoms with E-state index in [4.69, 9.17) is 4.52 Å². The molecule has 1 fully saturated rings. The lowest BCUT2D eigenvalue weighted by atomic mass is 9.87. The van der Waals surface area contributed by atoms with Crippen molar-refractivity contribution in [2.24, 2.45) is 5.92 Å². The quantitative estimate of drug-likeness (QED) is 0.299. The minimum Gasteiger partial charge on any atom is -0.355 e. The zero-order valence-electron chi connectivity index (χ0n) is 18.8. The van der Waals surface area contributed by atoms with Crippen molar-refractivity contribution in [3.63, 3.8) is 0 Å². The average Bonchev–Trinajstić information content (AvgIpc) is 3.46. The van der Waals surface area contributed by atoms with Crippen LogP contribution in [0, 0.1) is 11.7 Å². The molecule has 1 aliphatic carbocycles. The van der Waals surface area contributed by atoms with Crippen molar-refractivity contribution in [3.8, 4) is 28.4 Å². The molecule has 0 bridgehead atoms. The molecule has 0 radical (unpaired) electrons. The van der Waals surface area contributed by atoms with E-state index in [9.17, 15) is 22.4 Å². The molecular weight excluding hydrogens is 478 g/mol. The number of carbonyl (C=O) groups excluding carboxylic acids is 1. The van der Waals surface area contributed by atoms with E-state index in [0.29, 0.717) is 28.8 Å². The summed E-state index contributed by atoms with van der Waals surface area (Å²) in [4.78, 5) is 16.8. The maximum Gasteiger partial charge on any atom is 0.434 e. The van der Waals surface area contributed by atoms with Gasteiger partial charge >= 0.3 is 6.18 Å². The van der Waals surface area contributed by atoms with E-state index >= 15 is 0 Å². The van der Waals surface area contributed by atoms with Crippen LogP contribution >= 0.6 is 0 Å². The minimum absolute atomic E-state index is 0.0147. The number of fused-ring (bicyclic) bond motifs is 3. The van der Waals surface area contributed by atoms with Crippen LogP contribution in [-0.4, -0.2) is 44.2 Å². The monoisotopic (exact) mass is 497 g/mol. The van der Waals surface area contributed by atoms with E-state index in [0.717, 1.165) is 67.1 Å². The van der Waals surface area contributed by atoms with Crippen molar-refractivity contribution in [2.45, 2.75) is 25.6 Å². The molecule has 0 unspecified atom stereocenters. The lowest BCUT2D eigenvalue weighted by molar-refractivity contribution is -0.142. The van der Waals surface area contributed by atoms with Gasteiger partial charge in [-0.1, -0.05) is 23.4 Å². The summed E-state index contributed by atoms with van der Waals surface area (Å²) in [5.74, 6) is -0.715. The molecule has 0 spiro atoms. The fourth-order valence-electron chi connectivity index (χ4n) is 4.94.